The van der Waals surface area contributed by atoms with Gasteiger partial charge in [0.05, 0.1) is 0 Å². The third-order valence-corrected chi connectivity index (χ3v) is 0. The molecule has 0 saturated carbocycles. The SMILES string of the molecule is C[Si](C)(C)O.[Fe]. The zero-order valence-electron chi connectivity index (χ0n) is 4.30. The van der Waals surface area contributed by atoms with Crippen molar-refractivity contribution in [2.45, 2.75) is 19.6 Å². The number of rotatable bonds is 0. The summed E-state index contributed by atoms with van der Waals surface area (Å²) in [4.78, 5) is 8.66. The van der Waals surface area contributed by atoms with Crippen LogP contribution in [0.5, 0.6) is 0 Å². The van der Waals surface area contributed by atoms with Crippen LogP contribution in [0.2, 0.25) is 19.6 Å². The van der Waals surface area contributed by atoms with Crippen LogP contribution in [0.15, 0.2) is 0 Å². The minimum Gasteiger partial charge on any atom is -0.433 e. The van der Waals surface area contributed by atoms with E-state index in [1.165, 1.54) is 0 Å². The van der Waals surface area contributed by atoms with Gasteiger partial charge in [0.25, 0.3) is 0 Å². The van der Waals surface area contributed by atoms with Gasteiger partial charge in [0, 0.05) is 17.1 Å². The van der Waals surface area contributed by atoms with Crippen molar-refractivity contribution in [3.63, 3.8) is 0 Å². The van der Waals surface area contributed by atoms with Gasteiger partial charge in [-0.1, -0.05) is 0 Å². The van der Waals surface area contributed by atoms with E-state index in [9.17, 15) is 0 Å². The molecule has 0 aromatic carbocycles. The van der Waals surface area contributed by atoms with Crippen molar-refractivity contribution >= 4 is 8.32 Å². The van der Waals surface area contributed by atoms with Crippen molar-refractivity contribution in [2.24, 2.45) is 0 Å². The molecule has 0 aliphatic heterocycles. The molecular formula is C3H10FeOSi. The van der Waals surface area contributed by atoms with E-state index in [1.54, 1.807) is 0 Å². The van der Waals surface area contributed by atoms with Gasteiger partial charge in [-0.05, 0) is 19.6 Å². The molecule has 6 heavy (non-hydrogen) atoms. The van der Waals surface area contributed by atoms with Crippen LogP contribution < -0.4 is 0 Å². The monoisotopic (exact) mass is 146 g/mol. The van der Waals surface area contributed by atoms with Gasteiger partial charge >= 0.3 is 0 Å². The molecule has 0 spiro atoms. The Labute approximate surface area is 50.4 Å². The van der Waals surface area contributed by atoms with Crippen molar-refractivity contribution in [3.8, 4) is 0 Å². The van der Waals surface area contributed by atoms with Gasteiger partial charge in [-0.25, -0.2) is 0 Å². The van der Waals surface area contributed by atoms with E-state index >= 15 is 0 Å². The van der Waals surface area contributed by atoms with E-state index in [2.05, 4.69) is 0 Å². The predicted molar refractivity (Wildman–Crippen MR) is 25.6 cm³/mol. The first-order valence-electron chi connectivity index (χ1n) is 1.72. The minimum absolute atomic E-state index is 0. The van der Waals surface area contributed by atoms with Crippen LogP contribution in [0.25, 0.3) is 0 Å². The fourth-order valence-electron chi connectivity index (χ4n) is 0. The molecule has 0 aliphatic rings. The van der Waals surface area contributed by atoms with Crippen LogP contribution in [0, 0.1) is 0 Å². The predicted octanol–water partition coefficient (Wildman–Crippen LogP) is 0.811. The molecule has 40 valence electrons. The Morgan fingerprint density at radius 3 is 1.17 bits per heavy atom. The molecule has 0 aromatic heterocycles. The molecule has 0 radical (unpaired) electrons. The Morgan fingerprint density at radius 1 is 1.17 bits per heavy atom. The zero-order valence-corrected chi connectivity index (χ0v) is 6.40. The molecule has 0 saturated heterocycles. The second-order valence-electron chi connectivity index (χ2n) is 2.17. The van der Waals surface area contributed by atoms with Gasteiger partial charge in [0.2, 0.25) is 0 Å². The van der Waals surface area contributed by atoms with Crippen molar-refractivity contribution in [1.29, 1.82) is 0 Å². The molecule has 1 nitrogen and oxygen atoms in total. The summed E-state index contributed by atoms with van der Waals surface area (Å²) in [6.07, 6.45) is 0. The van der Waals surface area contributed by atoms with E-state index in [4.69, 9.17) is 4.80 Å². The molecule has 0 atom stereocenters. The molecule has 0 rings (SSSR count). The first-order chi connectivity index (χ1) is 2.00. The molecule has 0 heterocycles. The zero-order chi connectivity index (χ0) is 4.50. The van der Waals surface area contributed by atoms with E-state index in [-0.39, 0.29) is 17.1 Å². The topological polar surface area (TPSA) is 20.2 Å². The van der Waals surface area contributed by atoms with Gasteiger partial charge in [-0.15, -0.1) is 0 Å². The first kappa shape index (κ1) is 9.85. The molecule has 0 bridgehead atoms. The van der Waals surface area contributed by atoms with Crippen LogP contribution >= 0.6 is 0 Å². The normalized spacial score (nSPS) is 10.0. The van der Waals surface area contributed by atoms with Crippen LogP contribution in [0.1, 0.15) is 0 Å². The van der Waals surface area contributed by atoms with Crippen LogP contribution in [0.4, 0.5) is 0 Å². The summed E-state index contributed by atoms with van der Waals surface area (Å²) >= 11 is 0. The molecular weight excluding hydrogens is 136 g/mol. The molecule has 3 heteroatoms. The molecule has 0 aromatic rings. The van der Waals surface area contributed by atoms with E-state index in [0.29, 0.717) is 0 Å². The summed E-state index contributed by atoms with van der Waals surface area (Å²) in [7, 11) is -1.61. The molecule has 0 unspecified atom stereocenters. The fraction of sp³-hybridized carbons (Fsp3) is 1.00. The van der Waals surface area contributed by atoms with Crippen LogP contribution in [-0.4, -0.2) is 13.1 Å². The number of hydrogen-bond acceptors (Lipinski definition) is 1. The average Bonchev–Trinajstić information content (AvgIpc) is 0.722. The van der Waals surface area contributed by atoms with Crippen molar-refractivity contribution in [3.05, 3.63) is 0 Å². The molecule has 0 amide bonds. The largest absolute Gasteiger partial charge is 0.433 e. The Balaban J connectivity index is 0. The van der Waals surface area contributed by atoms with Gasteiger partial charge in [0.1, 0.15) is 0 Å². The van der Waals surface area contributed by atoms with Crippen LogP contribution in [-0.2, 0) is 17.1 Å². The smallest absolute Gasteiger partial charge is 0.179 e. The van der Waals surface area contributed by atoms with Crippen LogP contribution in [0.3, 0.4) is 0 Å². The Morgan fingerprint density at radius 2 is 1.17 bits per heavy atom. The maximum absolute atomic E-state index is 8.66. The summed E-state index contributed by atoms with van der Waals surface area (Å²) in [5.74, 6) is 0. The Hall–Kier alpha value is 0.696. The third kappa shape index (κ3) is 132. The van der Waals surface area contributed by atoms with Crippen molar-refractivity contribution in [1.82, 2.24) is 0 Å². The second kappa shape index (κ2) is 2.80. The summed E-state index contributed by atoms with van der Waals surface area (Å²) in [6, 6.07) is 0. The molecule has 0 aliphatic carbocycles. The van der Waals surface area contributed by atoms with E-state index < -0.39 is 8.32 Å². The third-order valence-electron chi connectivity index (χ3n) is 0. The van der Waals surface area contributed by atoms with Crippen molar-refractivity contribution < 1.29 is 21.9 Å². The van der Waals surface area contributed by atoms with E-state index in [1.807, 2.05) is 19.6 Å². The standard InChI is InChI=1S/C3H10OSi.Fe/c1-5(2,3)4;/h4H,1-3H3;. The van der Waals surface area contributed by atoms with Gasteiger partial charge in [0.15, 0.2) is 8.32 Å². The maximum atomic E-state index is 8.66. The van der Waals surface area contributed by atoms with E-state index in [0.717, 1.165) is 0 Å². The summed E-state index contributed by atoms with van der Waals surface area (Å²) in [6.45, 7) is 5.65. The molecule has 1 N–H and O–H groups in total. The average molecular weight is 146 g/mol. The second-order valence-corrected chi connectivity index (χ2v) is 6.51. The van der Waals surface area contributed by atoms with Gasteiger partial charge < -0.3 is 4.80 Å². The minimum atomic E-state index is -1.61. The van der Waals surface area contributed by atoms with Crippen molar-refractivity contribution in [2.75, 3.05) is 0 Å². The first-order valence-corrected chi connectivity index (χ1v) is 5.17. The van der Waals surface area contributed by atoms with Gasteiger partial charge in [-0.2, -0.15) is 0 Å². The summed E-state index contributed by atoms with van der Waals surface area (Å²) < 4.78 is 0. The fourth-order valence-corrected chi connectivity index (χ4v) is 0. The summed E-state index contributed by atoms with van der Waals surface area (Å²) in [5, 5.41) is 0. The Kier molecular flexibility index (Phi) is 4.60. The quantitative estimate of drug-likeness (QED) is 0.501. The Bertz CT molecular complexity index is 26.3. The maximum Gasteiger partial charge on any atom is 0.179 e. The number of hydrogen-bond donors (Lipinski definition) is 1. The van der Waals surface area contributed by atoms with Gasteiger partial charge in [-0.3, -0.25) is 0 Å². The molecule has 0 fully saturated rings. The summed E-state index contributed by atoms with van der Waals surface area (Å²) in [5.41, 5.74) is 0.